The molecule has 19 heavy (non-hydrogen) atoms. The largest absolute Gasteiger partial charge is 0.338 e. The monoisotopic (exact) mass is 278 g/mol. The van der Waals surface area contributed by atoms with Crippen LogP contribution < -0.4 is 0 Å². The van der Waals surface area contributed by atoms with Gasteiger partial charge in [-0.25, -0.2) is 15.0 Å². The van der Waals surface area contributed by atoms with E-state index >= 15 is 0 Å². The maximum Gasteiger partial charge on any atom is 0.135 e. The minimum atomic E-state index is -0.117. The molecule has 0 spiro atoms. The summed E-state index contributed by atoms with van der Waals surface area (Å²) >= 11 is 6.23. The summed E-state index contributed by atoms with van der Waals surface area (Å²) in [7, 11) is 1.98. The summed E-state index contributed by atoms with van der Waals surface area (Å²) in [6.07, 6.45) is 4.39. The fourth-order valence-electron chi connectivity index (χ4n) is 1.76. The molecule has 0 bridgehead atoms. The van der Waals surface area contributed by atoms with Crippen LogP contribution in [0.25, 0.3) is 0 Å². The summed E-state index contributed by atoms with van der Waals surface area (Å²) < 4.78 is 1.99. The van der Waals surface area contributed by atoms with Crippen molar-refractivity contribution in [3.8, 4) is 0 Å². The first kappa shape index (κ1) is 14.0. The van der Waals surface area contributed by atoms with E-state index in [4.69, 9.17) is 11.6 Å². The summed E-state index contributed by atoms with van der Waals surface area (Å²) in [4.78, 5) is 13.4. The van der Waals surface area contributed by atoms with Gasteiger partial charge in [0, 0.05) is 36.8 Å². The lowest BCUT2D eigenvalue weighted by Crippen LogP contribution is -2.18. The van der Waals surface area contributed by atoms with Crippen molar-refractivity contribution in [2.45, 2.75) is 39.5 Å². The van der Waals surface area contributed by atoms with Crippen molar-refractivity contribution < 1.29 is 0 Å². The molecule has 0 N–H and O–H groups in total. The summed E-state index contributed by atoms with van der Waals surface area (Å²) in [5, 5.41) is 0.532. The van der Waals surface area contributed by atoms with Crippen molar-refractivity contribution in [1.82, 2.24) is 19.5 Å². The van der Waals surface area contributed by atoms with Crippen LogP contribution in [-0.4, -0.2) is 19.5 Å². The van der Waals surface area contributed by atoms with Crippen LogP contribution in [-0.2, 0) is 18.9 Å². The Morgan fingerprint density at radius 1 is 1.26 bits per heavy atom. The summed E-state index contributed by atoms with van der Waals surface area (Å²) in [5.74, 6) is 1.74. The van der Waals surface area contributed by atoms with Crippen LogP contribution in [0.5, 0.6) is 0 Å². The van der Waals surface area contributed by atoms with Crippen LogP contribution >= 0.6 is 11.6 Å². The third-order valence-corrected chi connectivity index (χ3v) is 3.47. The molecule has 0 saturated carbocycles. The van der Waals surface area contributed by atoms with E-state index in [0.29, 0.717) is 11.6 Å². The van der Waals surface area contributed by atoms with Gasteiger partial charge >= 0.3 is 0 Å². The molecule has 0 radical (unpaired) electrons. The number of rotatable bonds is 2. The zero-order valence-corrected chi connectivity index (χ0v) is 12.8. The van der Waals surface area contributed by atoms with E-state index in [2.05, 4.69) is 35.7 Å². The van der Waals surface area contributed by atoms with E-state index in [1.165, 1.54) is 0 Å². The average Bonchev–Trinajstić information content (AvgIpc) is 2.69. The van der Waals surface area contributed by atoms with Crippen molar-refractivity contribution in [2.75, 3.05) is 0 Å². The minimum absolute atomic E-state index is 0.117. The van der Waals surface area contributed by atoms with Gasteiger partial charge in [0.1, 0.15) is 16.8 Å². The van der Waals surface area contributed by atoms with Gasteiger partial charge in [0.15, 0.2) is 0 Å². The van der Waals surface area contributed by atoms with Crippen molar-refractivity contribution in [1.29, 1.82) is 0 Å². The molecule has 0 atom stereocenters. The van der Waals surface area contributed by atoms with Crippen molar-refractivity contribution >= 4 is 11.6 Å². The van der Waals surface area contributed by atoms with Crippen LogP contribution in [0.1, 0.15) is 43.7 Å². The van der Waals surface area contributed by atoms with Crippen LogP contribution in [0, 0.1) is 6.92 Å². The quantitative estimate of drug-likeness (QED) is 0.793. The minimum Gasteiger partial charge on any atom is -0.338 e. The molecule has 0 unspecified atom stereocenters. The molecule has 2 heterocycles. The van der Waals surface area contributed by atoms with Crippen LogP contribution in [0.3, 0.4) is 0 Å². The smallest absolute Gasteiger partial charge is 0.135 e. The number of nitrogens with zero attached hydrogens (tertiary/aromatic N) is 4. The predicted molar refractivity (Wildman–Crippen MR) is 76.5 cm³/mol. The second-order valence-electron chi connectivity index (χ2n) is 5.79. The molecule has 2 rings (SSSR count). The van der Waals surface area contributed by atoms with Gasteiger partial charge in [-0.15, -0.1) is 0 Å². The van der Waals surface area contributed by atoms with E-state index < -0.39 is 0 Å². The fraction of sp³-hybridized carbons (Fsp3) is 0.500. The molecule has 2 aromatic rings. The molecule has 0 fully saturated rings. The lowest BCUT2D eigenvalue weighted by molar-refractivity contribution is 0.540. The maximum absolute atomic E-state index is 6.23. The molecule has 5 heteroatoms. The highest BCUT2D eigenvalue weighted by Gasteiger charge is 2.21. The molecule has 102 valence electrons. The van der Waals surface area contributed by atoms with Gasteiger partial charge in [0.05, 0.1) is 5.69 Å². The Morgan fingerprint density at radius 3 is 2.47 bits per heavy atom. The molecular formula is C14H19ClN4. The van der Waals surface area contributed by atoms with Crippen LogP contribution in [0.2, 0.25) is 5.15 Å². The molecule has 0 aromatic carbocycles. The third-order valence-electron chi connectivity index (χ3n) is 3.10. The molecule has 0 saturated heterocycles. The number of aryl methyl sites for hydroxylation is 1. The van der Waals surface area contributed by atoms with Gasteiger partial charge in [-0.2, -0.15) is 0 Å². The highest BCUT2D eigenvalue weighted by Crippen LogP contribution is 2.24. The SMILES string of the molecule is Cc1c(Cl)nc(C(C)(C)C)nc1Cc1nccn1C. The Morgan fingerprint density at radius 2 is 1.95 bits per heavy atom. The number of aromatic nitrogens is 4. The Kier molecular flexibility index (Phi) is 3.63. The first-order valence-corrected chi connectivity index (χ1v) is 6.66. The van der Waals surface area contributed by atoms with Gasteiger partial charge in [-0.1, -0.05) is 32.4 Å². The summed E-state index contributed by atoms with van der Waals surface area (Å²) in [6, 6.07) is 0. The Hall–Kier alpha value is -1.42. The number of hydrogen-bond donors (Lipinski definition) is 0. The molecule has 0 aliphatic heterocycles. The zero-order valence-electron chi connectivity index (χ0n) is 12.0. The van der Waals surface area contributed by atoms with Crippen LogP contribution in [0.4, 0.5) is 0 Å². The van der Waals surface area contributed by atoms with Gasteiger partial charge in [-0.05, 0) is 6.92 Å². The predicted octanol–water partition coefficient (Wildman–Crippen LogP) is 3.06. The molecule has 0 aliphatic carbocycles. The number of hydrogen-bond acceptors (Lipinski definition) is 3. The van der Waals surface area contributed by atoms with E-state index in [1.807, 2.05) is 24.7 Å². The van der Waals surface area contributed by atoms with Crippen molar-refractivity contribution in [3.63, 3.8) is 0 Å². The van der Waals surface area contributed by atoms with Crippen molar-refractivity contribution in [3.05, 3.63) is 40.5 Å². The van der Waals surface area contributed by atoms with E-state index in [9.17, 15) is 0 Å². The zero-order chi connectivity index (χ0) is 14.2. The highest BCUT2D eigenvalue weighted by atomic mass is 35.5. The van der Waals surface area contributed by atoms with Gasteiger partial charge in [0.25, 0.3) is 0 Å². The first-order chi connectivity index (χ1) is 8.79. The molecule has 0 aliphatic rings. The lowest BCUT2D eigenvalue weighted by Gasteiger charge is -2.19. The first-order valence-electron chi connectivity index (χ1n) is 6.28. The average molecular weight is 279 g/mol. The van der Waals surface area contributed by atoms with Gasteiger partial charge < -0.3 is 4.57 Å². The van der Waals surface area contributed by atoms with E-state index in [0.717, 1.165) is 22.9 Å². The second kappa shape index (κ2) is 4.93. The third kappa shape index (κ3) is 2.95. The number of halogens is 1. The molecule has 2 aromatic heterocycles. The van der Waals surface area contributed by atoms with E-state index in [1.54, 1.807) is 6.20 Å². The normalized spacial score (nSPS) is 11.9. The standard InChI is InChI=1S/C14H19ClN4/c1-9-10(8-11-16-6-7-19(11)5)17-13(14(2,3)4)18-12(9)15/h6-7H,8H2,1-5H3. The lowest BCUT2D eigenvalue weighted by atomic mass is 9.95. The molecule has 4 nitrogen and oxygen atoms in total. The van der Waals surface area contributed by atoms with Crippen LogP contribution in [0.15, 0.2) is 12.4 Å². The second-order valence-corrected chi connectivity index (χ2v) is 6.15. The maximum atomic E-state index is 6.23. The molecule has 0 amide bonds. The Bertz CT molecular complexity index is 596. The van der Waals surface area contributed by atoms with E-state index in [-0.39, 0.29) is 5.41 Å². The molecular weight excluding hydrogens is 260 g/mol. The summed E-state index contributed by atoms with van der Waals surface area (Å²) in [6.45, 7) is 8.20. The van der Waals surface area contributed by atoms with Crippen molar-refractivity contribution in [2.24, 2.45) is 7.05 Å². The highest BCUT2D eigenvalue weighted by molar-refractivity contribution is 6.30. The van der Waals surface area contributed by atoms with Gasteiger partial charge in [-0.3, -0.25) is 0 Å². The van der Waals surface area contributed by atoms with Gasteiger partial charge in [0.2, 0.25) is 0 Å². The number of imidazole rings is 1. The fourth-order valence-corrected chi connectivity index (χ4v) is 1.95. The summed E-state index contributed by atoms with van der Waals surface area (Å²) in [5.41, 5.74) is 1.75. The topological polar surface area (TPSA) is 43.6 Å². The Balaban J connectivity index is 2.45. The Labute approximate surface area is 118 Å².